The zero-order valence-electron chi connectivity index (χ0n) is 11.7. The van der Waals surface area contributed by atoms with Crippen molar-refractivity contribution in [1.29, 1.82) is 0 Å². The molecule has 0 fully saturated rings. The summed E-state index contributed by atoms with van der Waals surface area (Å²) in [5, 5.41) is 22.3. The zero-order chi connectivity index (χ0) is 13.5. The highest BCUT2D eigenvalue weighted by Crippen LogP contribution is 2.45. The maximum absolute atomic E-state index is 11.1. The topological polar surface area (TPSA) is 58.3 Å². The van der Waals surface area contributed by atoms with Crippen LogP contribution in [0.15, 0.2) is 0 Å². The van der Waals surface area contributed by atoms with Crippen molar-refractivity contribution in [3.8, 4) is 0 Å². The van der Waals surface area contributed by atoms with Crippen LogP contribution in [-0.4, -0.2) is 5.79 Å². The highest BCUT2D eigenvalue weighted by molar-refractivity contribution is 4.90. The first kappa shape index (κ1) is 16.8. The van der Waals surface area contributed by atoms with Crippen molar-refractivity contribution in [2.24, 2.45) is 11.3 Å². The van der Waals surface area contributed by atoms with Gasteiger partial charge in [0, 0.05) is 11.3 Å². The third-order valence-corrected chi connectivity index (χ3v) is 4.01. The molecule has 0 rings (SSSR count). The van der Waals surface area contributed by atoms with E-state index in [-0.39, 0.29) is 5.92 Å². The fourth-order valence-corrected chi connectivity index (χ4v) is 2.29. The van der Waals surface area contributed by atoms with Crippen LogP contribution in [0, 0.1) is 11.3 Å². The Morgan fingerprint density at radius 3 is 1.88 bits per heavy atom. The molecule has 0 aliphatic rings. The van der Waals surface area contributed by atoms with E-state index in [9.17, 15) is 10.5 Å². The van der Waals surface area contributed by atoms with E-state index in [4.69, 9.17) is 0 Å². The van der Waals surface area contributed by atoms with E-state index in [0.717, 1.165) is 19.3 Å². The number of unbranched alkanes of at least 4 members (excludes halogenated alkanes) is 1. The first-order chi connectivity index (χ1) is 7.95. The molecule has 0 saturated heterocycles. The van der Waals surface area contributed by atoms with Crippen molar-refractivity contribution >= 4 is 0 Å². The highest BCUT2D eigenvalue weighted by Gasteiger charge is 2.54. The molecule has 0 aliphatic heterocycles. The lowest BCUT2D eigenvalue weighted by Gasteiger charge is -2.44. The third-order valence-electron chi connectivity index (χ3n) is 4.01. The van der Waals surface area contributed by atoms with E-state index in [1.54, 1.807) is 0 Å². The van der Waals surface area contributed by atoms with Crippen LogP contribution >= 0.6 is 0 Å². The SMILES string of the molecule is CCCCC(CC)C(O[O])(O[O])C(C)(C)CC. The Labute approximate surface area is 105 Å². The van der Waals surface area contributed by atoms with Crippen LogP contribution in [0.3, 0.4) is 0 Å². The number of hydrogen-bond acceptors (Lipinski definition) is 2. The van der Waals surface area contributed by atoms with Crippen LogP contribution in [0.1, 0.15) is 66.7 Å². The second-order valence-electron chi connectivity index (χ2n) is 5.32. The summed E-state index contributed by atoms with van der Waals surface area (Å²) in [6.45, 7) is 9.66. The number of hydrogen-bond donors (Lipinski definition) is 0. The van der Waals surface area contributed by atoms with Gasteiger partial charge in [0.15, 0.2) is 0 Å². The van der Waals surface area contributed by atoms with Gasteiger partial charge in [-0.3, -0.25) is 0 Å². The van der Waals surface area contributed by atoms with E-state index in [1.165, 1.54) is 0 Å². The minimum atomic E-state index is -1.56. The summed E-state index contributed by atoms with van der Waals surface area (Å²) in [4.78, 5) is 8.62. The first-order valence-corrected chi connectivity index (χ1v) is 6.57. The Balaban J connectivity index is 5.13. The Kier molecular flexibility index (Phi) is 7.24. The number of rotatable bonds is 9. The average Bonchev–Trinajstić information content (AvgIpc) is 2.34. The second-order valence-corrected chi connectivity index (χ2v) is 5.32. The molecule has 0 aromatic rings. The van der Waals surface area contributed by atoms with Gasteiger partial charge in [0.05, 0.1) is 0 Å². The van der Waals surface area contributed by atoms with Crippen molar-refractivity contribution in [3.05, 3.63) is 0 Å². The Morgan fingerprint density at radius 2 is 1.59 bits per heavy atom. The summed E-state index contributed by atoms with van der Waals surface area (Å²) in [6.07, 6.45) is 4.12. The van der Waals surface area contributed by atoms with Gasteiger partial charge in [-0.1, -0.05) is 47.5 Å². The van der Waals surface area contributed by atoms with Gasteiger partial charge < -0.3 is 0 Å². The molecular formula is C13H26O4. The standard InChI is InChI=1S/C13H26O4/c1-6-9-10-11(7-2)13(16-14,17-15)12(4,5)8-3/h11H,6-10H2,1-5H3. The molecule has 1 unspecified atom stereocenters. The van der Waals surface area contributed by atoms with Crippen molar-refractivity contribution in [2.45, 2.75) is 72.5 Å². The van der Waals surface area contributed by atoms with Gasteiger partial charge >= 0.3 is 0 Å². The molecule has 0 saturated carbocycles. The van der Waals surface area contributed by atoms with Gasteiger partial charge in [-0.05, 0) is 29.8 Å². The lowest BCUT2D eigenvalue weighted by Crippen LogP contribution is -2.53. The van der Waals surface area contributed by atoms with Crippen LogP contribution in [0.25, 0.3) is 0 Å². The van der Waals surface area contributed by atoms with Gasteiger partial charge in [0.2, 0.25) is 5.79 Å². The summed E-state index contributed by atoms with van der Waals surface area (Å²) in [5.74, 6) is -1.72. The fourth-order valence-electron chi connectivity index (χ4n) is 2.29. The first-order valence-electron chi connectivity index (χ1n) is 6.57. The normalized spacial score (nSPS) is 15.0. The lowest BCUT2D eigenvalue weighted by atomic mass is 9.72. The predicted octanol–water partition coefficient (Wildman–Crippen LogP) is 4.06. The molecule has 4 heteroatoms. The molecule has 0 aromatic heterocycles. The monoisotopic (exact) mass is 246 g/mol. The molecule has 0 amide bonds. The van der Waals surface area contributed by atoms with Gasteiger partial charge in [-0.15, -0.1) is 0 Å². The van der Waals surface area contributed by atoms with Gasteiger partial charge in [0.1, 0.15) is 0 Å². The van der Waals surface area contributed by atoms with E-state index in [0.29, 0.717) is 12.8 Å². The maximum atomic E-state index is 11.1. The lowest BCUT2D eigenvalue weighted by molar-refractivity contribution is -0.564. The molecule has 0 bridgehead atoms. The minimum Gasteiger partial charge on any atom is -0.164 e. The van der Waals surface area contributed by atoms with Gasteiger partial charge in [-0.2, -0.15) is 9.78 Å². The molecular weight excluding hydrogens is 220 g/mol. The maximum Gasteiger partial charge on any atom is 0.248 e. The Hall–Kier alpha value is -0.160. The largest absolute Gasteiger partial charge is 0.248 e. The van der Waals surface area contributed by atoms with E-state index in [1.807, 2.05) is 27.7 Å². The minimum absolute atomic E-state index is 0.160. The van der Waals surface area contributed by atoms with E-state index >= 15 is 0 Å². The molecule has 0 aromatic carbocycles. The van der Waals surface area contributed by atoms with Gasteiger partial charge in [-0.25, -0.2) is 0 Å². The van der Waals surface area contributed by atoms with E-state index < -0.39 is 11.2 Å². The smallest absolute Gasteiger partial charge is 0.164 e. The van der Waals surface area contributed by atoms with Crippen molar-refractivity contribution in [2.75, 3.05) is 0 Å². The molecule has 4 nitrogen and oxygen atoms in total. The third kappa shape index (κ3) is 3.41. The van der Waals surface area contributed by atoms with Crippen molar-refractivity contribution < 1.29 is 20.3 Å². The zero-order valence-corrected chi connectivity index (χ0v) is 11.7. The molecule has 0 spiro atoms. The van der Waals surface area contributed by atoms with Crippen molar-refractivity contribution in [1.82, 2.24) is 0 Å². The summed E-state index contributed by atoms with van der Waals surface area (Å²) in [7, 11) is 0. The molecule has 1 atom stereocenters. The Bertz CT molecular complexity index is 200. The average molecular weight is 246 g/mol. The van der Waals surface area contributed by atoms with Crippen LogP contribution in [0.2, 0.25) is 0 Å². The fraction of sp³-hybridized carbons (Fsp3) is 1.00. The molecule has 17 heavy (non-hydrogen) atoms. The molecule has 102 valence electrons. The van der Waals surface area contributed by atoms with E-state index in [2.05, 4.69) is 16.7 Å². The van der Waals surface area contributed by atoms with Crippen molar-refractivity contribution in [3.63, 3.8) is 0 Å². The van der Waals surface area contributed by atoms with Crippen LogP contribution < -0.4 is 0 Å². The van der Waals surface area contributed by atoms with Crippen LogP contribution in [0.4, 0.5) is 0 Å². The molecule has 0 N–H and O–H groups in total. The summed E-state index contributed by atoms with van der Waals surface area (Å²) >= 11 is 0. The molecule has 0 heterocycles. The summed E-state index contributed by atoms with van der Waals surface area (Å²) in [5.41, 5.74) is -0.592. The quantitative estimate of drug-likeness (QED) is 0.350. The van der Waals surface area contributed by atoms with Gasteiger partial charge in [0.25, 0.3) is 0 Å². The van der Waals surface area contributed by atoms with Crippen LogP contribution in [0.5, 0.6) is 0 Å². The second kappa shape index (κ2) is 7.31. The highest BCUT2D eigenvalue weighted by atomic mass is 17.2. The molecule has 2 radical (unpaired) electrons. The summed E-state index contributed by atoms with van der Waals surface area (Å²) in [6, 6.07) is 0. The molecule has 0 aliphatic carbocycles. The summed E-state index contributed by atoms with van der Waals surface area (Å²) < 4.78 is 0. The van der Waals surface area contributed by atoms with Crippen LogP contribution in [-0.2, 0) is 20.3 Å². The Morgan fingerprint density at radius 1 is 1.06 bits per heavy atom. The predicted molar refractivity (Wildman–Crippen MR) is 63.7 cm³/mol.